The van der Waals surface area contributed by atoms with Gasteiger partial charge in [-0.2, -0.15) is 0 Å². The van der Waals surface area contributed by atoms with Crippen LogP contribution in [0.1, 0.15) is 15.9 Å². The number of nitro benzene ring substituents is 1. The van der Waals surface area contributed by atoms with E-state index >= 15 is 0 Å². The lowest BCUT2D eigenvalue weighted by atomic mass is 10.2. The smallest absolute Gasteiger partial charge is 0.338 e. The second kappa shape index (κ2) is 5.92. The first kappa shape index (κ1) is 13.7. The molecule has 0 N–H and O–H groups in total. The third kappa shape index (κ3) is 3.17. The second-order valence-electron chi connectivity index (χ2n) is 3.97. The molecule has 0 radical (unpaired) electrons. The molecule has 5 nitrogen and oxygen atoms in total. The lowest BCUT2D eigenvalue weighted by molar-refractivity contribution is -0.384. The summed E-state index contributed by atoms with van der Waals surface area (Å²) in [7, 11) is 0. The quantitative estimate of drug-likeness (QED) is 0.488. The van der Waals surface area contributed by atoms with Crippen molar-refractivity contribution < 1.29 is 18.8 Å². The van der Waals surface area contributed by atoms with Crippen molar-refractivity contribution >= 4 is 11.7 Å². The van der Waals surface area contributed by atoms with E-state index in [2.05, 4.69) is 0 Å². The summed E-state index contributed by atoms with van der Waals surface area (Å²) >= 11 is 0. The zero-order chi connectivity index (χ0) is 14.5. The van der Waals surface area contributed by atoms with Crippen LogP contribution >= 0.6 is 0 Å². The number of esters is 1. The minimum Gasteiger partial charge on any atom is -0.457 e. The van der Waals surface area contributed by atoms with E-state index in [1.165, 1.54) is 42.5 Å². The third-order valence-electron chi connectivity index (χ3n) is 2.63. The molecule has 2 aromatic rings. The molecule has 0 aliphatic heterocycles. The van der Waals surface area contributed by atoms with Gasteiger partial charge in [-0.15, -0.1) is 0 Å². The summed E-state index contributed by atoms with van der Waals surface area (Å²) in [6.45, 7) is -0.192. The van der Waals surface area contributed by atoms with E-state index < -0.39 is 16.7 Å². The zero-order valence-electron chi connectivity index (χ0n) is 10.3. The number of rotatable bonds is 4. The lowest BCUT2D eigenvalue weighted by Crippen LogP contribution is -2.06. The highest BCUT2D eigenvalue weighted by Crippen LogP contribution is 2.14. The van der Waals surface area contributed by atoms with E-state index in [0.717, 1.165) is 0 Å². The Labute approximate surface area is 113 Å². The molecule has 0 spiro atoms. The fourth-order valence-electron chi connectivity index (χ4n) is 1.56. The summed E-state index contributed by atoms with van der Waals surface area (Å²) in [6, 6.07) is 11.0. The van der Waals surface area contributed by atoms with E-state index in [1.807, 2.05) is 0 Å². The molecule has 6 heteroatoms. The van der Waals surface area contributed by atoms with Gasteiger partial charge in [0.1, 0.15) is 12.4 Å². The normalized spacial score (nSPS) is 10.1. The average Bonchev–Trinajstić information content (AvgIpc) is 2.46. The van der Waals surface area contributed by atoms with Crippen LogP contribution in [0.3, 0.4) is 0 Å². The molecule has 0 unspecified atom stereocenters. The molecule has 0 saturated heterocycles. The van der Waals surface area contributed by atoms with Crippen LogP contribution in [-0.2, 0) is 11.3 Å². The molecule has 0 aromatic heterocycles. The maximum Gasteiger partial charge on any atom is 0.338 e. The van der Waals surface area contributed by atoms with Gasteiger partial charge < -0.3 is 4.74 Å². The van der Waals surface area contributed by atoms with Crippen LogP contribution in [0.25, 0.3) is 0 Å². The molecule has 2 rings (SSSR count). The van der Waals surface area contributed by atoms with Crippen molar-refractivity contribution in [2.24, 2.45) is 0 Å². The summed E-state index contributed by atoms with van der Waals surface area (Å²) in [5.74, 6) is -1.12. The molecular weight excluding hydrogens is 265 g/mol. The highest BCUT2D eigenvalue weighted by Gasteiger charge is 2.11. The lowest BCUT2D eigenvalue weighted by Gasteiger charge is -2.05. The molecular formula is C14H10FNO4. The van der Waals surface area contributed by atoms with Crippen molar-refractivity contribution in [3.8, 4) is 0 Å². The summed E-state index contributed by atoms with van der Waals surface area (Å²) in [4.78, 5) is 21.6. The van der Waals surface area contributed by atoms with Crippen molar-refractivity contribution in [3.05, 3.63) is 75.6 Å². The Balaban J connectivity index is 2.02. The van der Waals surface area contributed by atoms with E-state index in [1.54, 1.807) is 6.07 Å². The molecule has 0 atom stereocenters. The van der Waals surface area contributed by atoms with Crippen LogP contribution in [-0.4, -0.2) is 10.9 Å². The van der Waals surface area contributed by atoms with Gasteiger partial charge in [-0.05, 0) is 18.2 Å². The summed E-state index contributed by atoms with van der Waals surface area (Å²) in [5.41, 5.74) is 0.324. The highest BCUT2D eigenvalue weighted by molar-refractivity contribution is 5.89. The van der Waals surface area contributed by atoms with Crippen LogP contribution in [0, 0.1) is 15.9 Å². The minimum absolute atomic E-state index is 0.115. The van der Waals surface area contributed by atoms with Gasteiger partial charge in [-0.25, -0.2) is 9.18 Å². The van der Waals surface area contributed by atoms with E-state index in [0.29, 0.717) is 0 Å². The SMILES string of the molecule is O=C(OCc1ccccc1F)c1ccc([N+](=O)[O-])cc1. The molecule has 20 heavy (non-hydrogen) atoms. The van der Waals surface area contributed by atoms with Gasteiger partial charge in [0.15, 0.2) is 0 Å². The first-order valence-corrected chi connectivity index (χ1v) is 5.73. The predicted octanol–water partition coefficient (Wildman–Crippen LogP) is 3.09. The number of halogens is 1. The molecule has 0 fully saturated rings. The first-order chi connectivity index (χ1) is 9.58. The van der Waals surface area contributed by atoms with Crippen LogP contribution in [0.2, 0.25) is 0 Å². The number of nitrogens with zero attached hydrogens (tertiary/aromatic N) is 1. The van der Waals surface area contributed by atoms with Gasteiger partial charge in [0.05, 0.1) is 10.5 Å². The molecule has 0 aliphatic carbocycles. The summed E-state index contributed by atoms with van der Waals surface area (Å²) in [5, 5.41) is 10.5. The number of carbonyl (C=O) groups excluding carboxylic acids is 1. The number of nitro groups is 1. The fraction of sp³-hybridized carbons (Fsp3) is 0.0714. The molecule has 0 bridgehead atoms. The van der Waals surface area contributed by atoms with Crippen LogP contribution in [0.4, 0.5) is 10.1 Å². The van der Waals surface area contributed by atoms with Crippen molar-refractivity contribution in [1.82, 2.24) is 0 Å². The van der Waals surface area contributed by atoms with Crippen LogP contribution in [0.15, 0.2) is 48.5 Å². The van der Waals surface area contributed by atoms with Crippen molar-refractivity contribution in [2.45, 2.75) is 6.61 Å². The zero-order valence-corrected chi connectivity index (χ0v) is 10.3. The molecule has 2 aromatic carbocycles. The minimum atomic E-state index is -0.664. The van der Waals surface area contributed by atoms with Crippen LogP contribution in [0.5, 0.6) is 0 Å². The number of carbonyl (C=O) groups is 1. The molecule has 0 saturated carbocycles. The predicted molar refractivity (Wildman–Crippen MR) is 68.6 cm³/mol. The van der Waals surface area contributed by atoms with Gasteiger partial charge in [0.25, 0.3) is 5.69 Å². The number of hydrogen-bond acceptors (Lipinski definition) is 4. The van der Waals surface area contributed by atoms with Crippen molar-refractivity contribution in [2.75, 3.05) is 0 Å². The standard InChI is InChI=1S/C14H10FNO4/c15-13-4-2-1-3-11(13)9-20-14(17)10-5-7-12(8-6-10)16(18)19/h1-8H,9H2. The van der Waals surface area contributed by atoms with E-state index in [4.69, 9.17) is 4.74 Å². The van der Waals surface area contributed by atoms with Gasteiger partial charge in [0.2, 0.25) is 0 Å². The van der Waals surface area contributed by atoms with Crippen molar-refractivity contribution in [3.63, 3.8) is 0 Å². The van der Waals surface area contributed by atoms with Gasteiger partial charge in [-0.1, -0.05) is 18.2 Å². The van der Waals surface area contributed by atoms with Gasteiger partial charge >= 0.3 is 5.97 Å². The maximum absolute atomic E-state index is 13.3. The Bertz CT molecular complexity index is 640. The molecule has 0 aliphatic rings. The average molecular weight is 275 g/mol. The number of non-ortho nitro benzene ring substituents is 1. The Kier molecular flexibility index (Phi) is 4.05. The number of benzene rings is 2. The van der Waals surface area contributed by atoms with Gasteiger partial charge in [-0.3, -0.25) is 10.1 Å². The van der Waals surface area contributed by atoms with E-state index in [-0.39, 0.29) is 23.4 Å². The monoisotopic (exact) mass is 275 g/mol. The number of hydrogen-bond donors (Lipinski definition) is 0. The topological polar surface area (TPSA) is 69.4 Å². The molecule has 0 amide bonds. The van der Waals surface area contributed by atoms with Crippen LogP contribution < -0.4 is 0 Å². The summed E-state index contributed by atoms with van der Waals surface area (Å²) in [6.07, 6.45) is 0. The Morgan fingerprint density at radius 2 is 1.80 bits per heavy atom. The largest absolute Gasteiger partial charge is 0.457 e. The summed E-state index contributed by atoms with van der Waals surface area (Å²) < 4.78 is 18.3. The van der Waals surface area contributed by atoms with Crippen molar-refractivity contribution in [1.29, 1.82) is 0 Å². The second-order valence-corrected chi connectivity index (χ2v) is 3.97. The third-order valence-corrected chi connectivity index (χ3v) is 2.63. The Morgan fingerprint density at radius 1 is 1.15 bits per heavy atom. The highest BCUT2D eigenvalue weighted by atomic mass is 19.1. The van der Waals surface area contributed by atoms with E-state index in [9.17, 15) is 19.3 Å². The number of ether oxygens (including phenoxy) is 1. The molecule has 0 heterocycles. The fourth-order valence-corrected chi connectivity index (χ4v) is 1.56. The Hall–Kier alpha value is -2.76. The maximum atomic E-state index is 13.3. The van der Waals surface area contributed by atoms with Gasteiger partial charge in [0, 0.05) is 17.7 Å². The first-order valence-electron chi connectivity index (χ1n) is 5.73. The Morgan fingerprint density at radius 3 is 2.40 bits per heavy atom. The molecule has 102 valence electrons.